The minimum atomic E-state index is 0.319. The molecule has 0 atom stereocenters. The maximum atomic E-state index is 6.11. The number of piperazine rings is 1. The number of nitrogen functional groups attached to an aromatic ring is 1. The molecule has 0 saturated carbocycles. The topological polar surface area (TPSA) is 73.9 Å². The van der Waals surface area contributed by atoms with Gasteiger partial charge < -0.3 is 20.4 Å². The lowest BCUT2D eigenvalue weighted by molar-refractivity contribution is 0.312. The van der Waals surface area contributed by atoms with Crippen molar-refractivity contribution in [3.8, 4) is 11.3 Å². The molecule has 4 rings (SSSR count). The van der Waals surface area contributed by atoms with Gasteiger partial charge in [0, 0.05) is 63.4 Å². The van der Waals surface area contributed by atoms with Crippen LogP contribution in [0.3, 0.4) is 0 Å². The van der Waals surface area contributed by atoms with Gasteiger partial charge in [0.2, 0.25) is 5.95 Å². The number of rotatable bonds is 4. The largest absolute Gasteiger partial charge is 0.368 e. The third kappa shape index (κ3) is 4.98. The molecule has 2 N–H and O–H groups in total. The van der Waals surface area contributed by atoms with E-state index in [0.717, 1.165) is 69.2 Å². The smallest absolute Gasteiger partial charge is 0.222 e. The molecular formula is C24H35N7. The quantitative estimate of drug-likeness (QED) is 0.604. The van der Waals surface area contributed by atoms with E-state index in [4.69, 9.17) is 10.7 Å². The minimum Gasteiger partial charge on any atom is -0.368 e. The zero-order chi connectivity index (χ0) is 22.0. The fourth-order valence-electron chi connectivity index (χ4n) is 4.43. The maximum absolute atomic E-state index is 6.11. The highest BCUT2D eigenvalue weighted by molar-refractivity contribution is 5.82. The predicted octanol–water partition coefficient (Wildman–Crippen LogP) is 3.05. The average Bonchev–Trinajstić information content (AvgIpc) is 2.76. The van der Waals surface area contributed by atoms with Crippen LogP contribution in [0, 0.1) is 0 Å². The molecule has 0 spiro atoms. The molecule has 166 valence electrons. The Morgan fingerprint density at radius 2 is 1.84 bits per heavy atom. The summed E-state index contributed by atoms with van der Waals surface area (Å²) in [6, 6.07) is 9.11. The van der Waals surface area contributed by atoms with Crippen LogP contribution >= 0.6 is 0 Å². The number of benzene rings is 1. The maximum Gasteiger partial charge on any atom is 0.222 e. The van der Waals surface area contributed by atoms with Gasteiger partial charge in [0.1, 0.15) is 5.82 Å². The van der Waals surface area contributed by atoms with Gasteiger partial charge in [0.15, 0.2) is 0 Å². The minimum absolute atomic E-state index is 0.319. The SMILES string of the molecule is CCC(=NC(C)C)N1CCc2ccc(-c3cc(N4CCN(C)CC4)nc(N)n3)cc2C1. The summed E-state index contributed by atoms with van der Waals surface area (Å²) in [6.07, 6.45) is 2.01. The summed E-state index contributed by atoms with van der Waals surface area (Å²) in [7, 11) is 2.16. The highest BCUT2D eigenvalue weighted by atomic mass is 15.3. The first kappa shape index (κ1) is 21.6. The van der Waals surface area contributed by atoms with E-state index in [-0.39, 0.29) is 0 Å². The fourth-order valence-corrected chi connectivity index (χ4v) is 4.43. The lowest BCUT2D eigenvalue weighted by atomic mass is 9.96. The second-order valence-electron chi connectivity index (χ2n) is 8.91. The first-order valence-electron chi connectivity index (χ1n) is 11.4. The standard InChI is InChI=1S/C24H35N7/c1-5-22(26-17(2)3)31-9-8-18-6-7-19(14-20(18)16-31)21-15-23(28-24(25)27-21)30-12-10-29(4)11-13-30/h6-7,14-15,17H,5,8-13,16H2,1-4H3,(H2,25,27,28). The molecule has 1 saturated heterocycles. The van der Waals surface area contributed by atoms with Gasteiger partial charge in [-0.25, -0.2) is 4.98 Å². The fraction of sp³-hybridized carbons (Fsp3) is 0.542. The number of hydrogen-bond donors (Lipinski definition) is 1. The molecule has 2 aromatic rings. The van der Waals surface area contributed by atoms with Crippen LogP contribution < -0.4 is 10.6 Å². The third-order valence-corrected chi connectivity index (χ3v) is 6.16. The van der Waals surface area contributed by atoms with E-state index < -0.39 is 0 Å². The molecule has 2 aliphatic heterocycles. The van der Waals surface area contributed by atoms with Gasteiger partial charge in [-0.2, -0.15) is 4.98 Å². The van der Waals surface area contributed by atoms with E-state index in [9.17, 15) is 0 Å². The van der Waals surface area contributed by atoms with Crippen LogP contribution in [0.1, 0.15) is 38.3 Å². The predicted molar refractivity (Wildman–Crippen MR) is 129 cm³/mol. The van der Waals surface area contributed by atoms with Crippen LogP contribution in [0.15, 0.2) is 29.3 Å². The molecule has 0 bridgehead atoms. The van der Waals surface area contributed by atoms with E-state index in [1.165, 1.54) is 17.0 Å². The summed E-state index contributed by atoms with van der Waals surface area (Å²) in [5, 5.41) is 0. The molecule has 0 unspecified atom stereocenters. The molecule has 0 radical (unpaired) electrons. The van der Waals surface area contributed by atoms with Gasteiger partial charge in [-0.15, -0.1) is 0 Å². The van der Waals surface area contributed by atoms with E-state index in [1.54, 1.807) is 0 Å². The van der Waals surface area contributed by atoms with Crippen molar-refractivity contribution in [3.63, 3.8) is 0 Å². The highest BCUT2D eigenvalue weighted by Gasteiger charge is 2.21. The summed E-state index contributed by atoms with van der Waals surface area (Å²) in [5.41, 5.74) is 10.9. The Bertz CT molecular complexity index is 945. The number of likely N-dealkylation sites (N-methyl/N-ethyl adjacent to an activating group) is 1. The summed E-state index contributed by atoms with van der Waals surface area (Å²) in [5.74, 6) is 2.46. The van der Waals surface area contributed by atoms with Gasteiger partial charge in [0.25, 0.3) is 0 Å². The molecule has 7 nitrogen and oxygen atoms in total. The van der Waals surface area contributed by atoms with Gasteiger partial charge in [-0.1, -0.05) is 19.1 Å². The molecule has 0 aliphatic carbocycles. The van der Waals surface area contributed by atoms with Crippen molar-refractivity contribution >= 4 is 17.6 Å². The number of nitrogens with two attached hydrogens (primary N) is 1. The first-order chi connectivity index (χ1) is 14.9. The summed E-state index contributed by atoms with van der Waals surface area (Å²) in [4.78, 5) is 21.0. The molecule has 3 heterocycles. The van der Waals surface area contributed by atoms with Crippen LogP contribution in [-0.4, -0.2) is 71.4 Å². The summed E-state index contributed by atoms with van der Waals surface area (Å²) < 4.78 is 0. The van der Waals surface area contributed by atoms with Crippen LogP contribution in [0.4, 0.5) is 11.8 Å². The molecule has 1 fully saturated rings. The molecule has 31 heavy (non-hydrogen) atoms. The van der Waals surface area contributed by atoms with Crippen molar-refractivity contribution in [1.82, 2.24) is 19.8 Å². The Morgan fingerprint density at radius 1 is 1.06 bits per heavy atom. The summed E-state index contributed by atoms with van der Waals surface area (Å²) in [6.45, 7) is 12.4. The molecule has 1 aromatic heterocycles. The number of hydrogen-bond acceptors (Lipinski definition) is 6. The lowest BCUT2D eigenvalue weighted by Gasteiger charge is -2.33. The van der Waals surface area contributed by atoms with Gasteiger partial charge in [0.05, 0.1) is 11.5 Å². The highest BCUT2D eigenvalue weighted by Crippen LogP contribution is 2.28. The van der Waals surface area contributed by atoms with Crippen molar-refractivity contribution in [3.05, 3.63) is 35.4 Å². The zero-order valence-corrected chi connectivity index (χ0v) is 19.3. The average molecular weight is 422 g/mol. The van der Waals surface area contributed by atoms with Crippen LogP contribution in [-0.2, 0) is 13.0 Å². The van der Waals surface area contributed by atoms with E-state index in [2.05, 4.69) is 76.8 Å². The molecule has 2 aliphatic rings. The first-order valence-corrected chi connectivity index (χ1v) is 11.4. The molecule has 1 aromatic carbocycles. The Balaban J connectivity index is 1.60. The Kier molecular flexibility index (Phi) is 6.41. The Labute approximate surface area is 186 Å². The van der Waals surface area contributed by atoms with Gasteiger partial charge >= 0.3 is 0 Å². The summed E-state index contributed by atoms with van der Waals surface area (Å²) >= 11 is 0. The van der Waals surface area contributed by atoms with Crippen molar-refractivity contribution in [2.45, 2.75) is 46.2 Å². The number of anilines is 2. The lowest BCUT2D eigenvalue weighted by Crippen LogP contribution is -2.44. The van der Waals surface area contributed by atoms with E-state index >= 15 is 0 Å². The normalized spacial score (nSPS) is 17.9. The van der Waals surface area contributed by atoms with Gasteiger partial charge in [-0.3, -0.25) is 4.99 Å². The van der Waals surface area contributed by atoms with Crippen LogP contribution in [0.5, 0.6) is 0 Å². The monoisotopic (exact) mass is 421 g/mol. The molecular weight excluding hydrogens is 386 g/mol. The van der Waals surface area contributed by atoms with Crippen molar-refractivity contribution in [2.24, 2.45) is 4.99 Å². The third-order valence-electron chi connectivity index (χ3n) is 6.16. The number of fused-ring (bicyclic) bond motifs is 1. The van der Waals surface area contributed by atoms with Crippen molar-refractivity contribution in [2.75, 3.05) is 50.4 Å². The second kappa shape index (κ2) is 9.22. The number of amidine groups is 1. The number of nitrogens with zero attached hydrogens (tertiary/aromatic N) is 6. The Morgan fingerprint density at radius 3 is 2.55 bits per heavy atom. The zero-order valence-electron chi connectivity index (χ0n) is 19.3. The van der Waals surface area contributed by atoms with E-state index in [0.29, 0.717) is 12.0 Å². The number of aliphatic imine (C=N–C) groups is 1. The van der Waals surface area contributed by atoms with Gasteiger partial charge in [-0.05, 0) is 44.5 Å². The second-order valence-corrected chi connectivity index (χ2v) is 8.91. The van der Waals surface area contributed by atoms with Crippen LogP contribution in [0.2, 0.25) is 0 Å². The van der Waals surface area contributed by atoms with Crippen molar-refractivity contribution < 1.29 is 0 Å². The van der Waals surface area contributed by atoms with Crippen LogP contribution in [0.25, 0.3) is 11.3 Å². The Hall–Kier alpha value is -2.67. The molecule has 0 amide bonds. The van der Waals surface area contributed by atoms with E-state index in [1.807, 2.05) is 0 Å². The van der Waals surface area contributed by atoms with Crippen molar-refractivity contribution in [1.29, 1.82) is 0 Å². The molecule has 7 heteroatoms. The number of aromatic nitrogens is 2.